The Morgan fingerprint density at radius 2 is 1.75 bits per heavy atom. The second-order valence-electron chi connectivity index (χ2n) is 11.3. The molecule has 13 heteroatoms. The lowest BCUT2D eigenvalue weighted by molar-refractivity contribution is -0.172. The maximum atomic E-state index is 14.6. The van der Waals surface area contributed by atoms with Crippen LogP contribution in [0.3, 0.4) is 0 Å². The van der Waals surface area contributed by atoms with Gasteiger partial charge in [-0.25, -0.2) is 9.69 Å². The molecule has 0 aromatic heterocycles. The molecule has 4 atom stereocenters. The summed E-state index contributed by atoms with van der Waals surface area (Å²) in [5.74, 6) is 0.681. The number of rotatable bonds is 14. The molecule has 0 aromatic carbocycles. The largest absolute Gasteiger partial charge is 0.445 e. The van der Waals surface area contributed by atoms with Crippen LogP contribution in [0.2, 0.25) is 0 Å². The molecule has 0 aliphatic carbocycles. The van der Waals surface area contributed by atoms with Gasteiger partial charge >= 0.3 is 6.09 Å². The van der Waals surface area contributed by atoms with E-state index in [-0.39, 0.29) is 31.5 Å². The molecule has 2 saturated heterocycles. The van der Waals surface area contributed by atoms with Crippen LogP contribution in [0.5, 0.6) is 0 Å². The van der Waals surface area contributed by atoms with Gasteiger partial charge in [-0.2, -0.15) is 0 Å². The molecule has 0 N–H and O–H groups in total. The van der Waals surface area contributed by atoms with Gasteiger partial charge in [-0.15, -0.1) is 0 Å². The second kappa shape index (κ2) is 14.5. The molecule has 40 heavy (non-hydrogen) atoms. The normalized spacial score (nSPS) is 24.5. The Morgan fingerprint density at radius 1 is 1.18 bits per heavy atom. The highest BCUT2D eigenvalue weighted by atomic mass is 32.2. The molecule has 0 spiro atoms. The van der Waals surface area contributed by atoms with Crippen molar-refractivity contribution in [1.82, 2.24) is 4.90 Å². The third-order valence-corrected chi connectivity index (χ3v) is 12.0. The second-order valence-corrected chi connectivity index (χ2v) is 14.9. The summed E-state index contributed by atoms with van der Waals surface area (Å²) in [6.45, 7) is 20.2. The summed E-state index contributed by atoms with van der Waals surface area (Å²) >= 11 is 0.920. The highest BCUT2D eigenvalue weighted by Gasteiger charge is 2.72. The molecule has 2 heterocycles. The van der Waals surface area contributed by atoms with Gasteiger partial charge in [0.15, 0.2) is 0 Å². The molecule has 2 aliphatic heterocycles. The van der Waals surface area contributed by atoms with Crippen LogP contribution in [-0.4, -0.2) is 88.4 Å². The topological polar surface area (TPSA) is 110 Å². The number of thioether (sulfide) groups is 1. The minimum absolute atomic E-state index is 0.0813. The summed E-state index contributed by atoms with van der Waals surface area (Å²) in [4.78, 5) is 42.4. The highest BCUT2D eigenvalue weighted by molar-refractivity contribution is 8.14. The van der Waals surface area contributed by atoms with Gasteiger partial charge in [0, 0.05) is 18.3 Å². The molecular weight excluding hydrogens is 573 g/mol. The van der Waals surface area contributed by atoms with Crippen LogP contribution in [0.25, 0.3) is 0 Å². The first-order valence-electron chi connectivity index (χ1n) is 13.9. The summed E-state index contributed by atoms with van der Waals surface area (Å²) < 4.78 is 35.7. The van der Waals surface area contributed by atoms with Crippen molar-refractivity contribution in [3.63, 3.8) is 0 Å². The van der Waals surface area contributed by atoms with Gasteiger partial charge in [-0.05, 0) is 52.9 Å². The summed E-state index contributed by atoms with van der Waals surface area (Å²) in [6.07, 6.45) is 1.30. The van der Waals surface area contributed by atoms with Crippen LogP contribution >= 0.6 is 19.3 Å². The number of hydrogen-bond donors (Lipinski definition) is 0. The van der Waals surface area contributed by atoms with E-state index in [9.17, 15) is 14.4 Å². The molecule has 0 aromatic rings. The SMILES string of the molecule is C=CCOC(=O)N1C(=O)[C@](C=P(OCC)(OCC)OCC)([C@@H](C(C)(C)C)C(C)(C)O[SiH3])[C@H]1SC(=O)[C@H]1CCCO1. The van der Waals surface area contributed by atoms with Gasteiger partial charge in [0.1, 0.15) is 34.0 Å². The third-order valence-electron chi connectivity index (χ3n) is 7.04. The number of carbonyl (C=O) groups is 3. The van der Waals surface area contributed by atoms with Crippen LogP contribution in [0.1, 0.15) is 68.2 Å². The zero-order valence-corrected chi connectivity index (χ0v) is 29.2. The molecule has 230 valence electrons. The van der Waals surface area contributed by atoms with Crippen molar-refractivity contribution >= 4 is 52.7 Å². The van der Waals surface area contributed by atoms with Crippen molar-refractivity contribution in [1.29, 1.82) is 0 Å². The van der Waals surface area contributed by atoms with E-state index >= 15 is 0 Å². The van der Waals surface area contributed by atoms with E-state index in [1.807, 2.05) is 55.4 Å². The monoisotopic (exact) mass is 621 g/mol. The number of nitrogens with zero attached hydrogens (tertiary/aromatic N) is 1. The van der Waals surface area contributed by atoms with Gasteiger partial charge in [-0.1, -0.05) is 45.2 Å². The van der Waals surface area contributed by atoms with E-state index in [0.29, 0.717) is 23.5 Å². The van der Waals surface area contributed by atoms with Crippen LogP contribution in [0.15, 0.2) is 12.7 Å². The number of hydrogen-bond acceptors (Lipinski definition) is 10. The predicted octanol–water partition coefficient (Wildman–Crippen LogP) is 4.31. The number of imide groups is 1. The van der Waals surface area contributed by atoms with Gasteiger partial charge in [0.2, 0.25) is 11.0 Å². The summed E-state index contributed by atoms with van der Waals surface area (Å²) in [5.41, 5.74) is -2.82. The molecular formula is C27H48NO9PSSi. The molecule has 2 rings (SSSR count). The fourth-order valence-corrected chi connectivity index (χ4v) is 10.1. The molecule has 0 saturated carbocycles. The van der Waals surface area contributed by atoms with Crippen LogP contribution in [0, 0.1) is 16.7 Å². The minimum Gasteiger partial charge on any atom is -0.445 e. The molecule has 10 nitrogen and oxygen atoms in total. The zero-order chi connectivity index (χ0) is 30.4. The lowest BCUT2D eigenvalue weighted by Gasteiger charge is -2.61. The van der Waals surface area contributed by atoms with E-state index in [1.165, 1.54) is 6.08 Å². The molecule has 0 bridgehead atoms. The average Bonchev–Trinajstić information content (AvgIpc) is 3.41. The Morgan fingerprint density at radius 3 is 2.17 bits per heavy atom. The first-order valence-corrected chi connectivity index (χ1v) is 17.2. The molecule has 0 radical (unpaired) electrons. The van der Waals surface area contributed by atoms with Crippen molar-refractivity contribution in [2.75, 3.05) is 33.0 Å². The van der Waals surface area contributed by atoms with Gasteiger partial charge in [-0.3, -0.25) is 9.59 Å². The van der Waals surface area contributed by atoms with Gasteiger partial charge < -0.3 is 27.5 Å². The van der Waals surface area contributed by atoms with Crippen molar-refractivity contribution in [3.05, 3.63) is 12.7 Å². The van der Waals surface area contributed by atoms with Gasteiger partial charge in [0.25, 0.3) is 7.57 Å². The summed E-state index contributed by atoms with van der Waals surface area (Å²) in [7, 11) is -2.85. The third kappa shape index (κ3) is 7.32. The van der Waals surface area contributed by atoms with E-state index < -0.39 is 53.4 Å². The molecule has 2 amide bonds. The predicted molar refractivity (Wildman–Crippen MR) is 162 cm³/mol. The minimum atomic E-state index is -3.25. The summed E-state index contributed by atoms with van der Waals surface area (Å²) in [5, 5.41) is -1.23. The Kier molecular flexibility index (Phi) is 12.7. The lowest BCUT2D eigenvalue weighted by atomic mass is 9.55. The van der Waals surface area contributed by atoms with Crippen molar-refractivity contribution in [3.8, 4) is 0 Å². The van der Waals surface area contributed by atoms with Gasteiger partial charge in [0.05, 0.1) is 25.4 Å². The quantitative estimate of drug-likeness (QED) is 0.120. The number of amides is 2. The lowest BCUT2D eigenvalue weighted by Crippen LogP contribution is -2.76. The summed E-state index contributed by atoms with van der Waals surface area (Å²) in [6, 6.07) is 0. The Labute approximate surface area is 246 Å². The highest BCUT2D eigenvalue weighted by Crippen LogP contribution is 2.63. The molecule has 2 fully saturated rings. The van der Waals surface area contributed by atoms with Crippen LogP contribution in [-0.2, 0) is 37.1 Å². The maximum absolute atomic E-state index is 14.6. The Balaban J connectivity index is 2.94. The maximum Gasteiger partial charge on any atom is 0.417 e. The molecule has 2 aliphatic rings. The Bertz CT molecular complexity index is 956. The van der Waals surface area contributed by atoms with E-state index in [2.05, 4.69) is 6.58 Å². The van der Waals surface area contributed by atoms with E-state index in [1.54, 1.807) is 5.80 Å². The van der Waals surface area contributed by atoms with E-state index in [0.717, 1.165) is 23.1 Å². The number of likely N-dealkylation sites (tertiary alicyclic amines) is 1. The van der Waals surface area contributed by atoms with Crippen molar-refractivity contribution in [2.45, 2.75) is 85.3 Å². The van der Waals surface area contributed by atoms with Crippen molar-refractivity contribution < 1.29 is 41.9 Å². The fourth-order valence-electron chi connectivity index (χ4n) is 5.98. The van der Waals surface area contributed by atoms with E-state index in [4.69, 9.17) is 27.5 Å². The smallest absolute Gasteiger partial charge is 0.417 e. The van der Waals surface area contributed by atoms with Crippen LogP contribution < -0.4 is 0 Å². The standard InChI is InChI=1S/C27H48NO9PSSi/c1-10-16-33-24(31)28-22(30)27(21(25(5,6)7)26(8,9)37-40,18-38(34-11-2,35-12-3)36-13-4)23(28)39-20(29)19-15-14-17-32-19/h10,18-19,21,23H,1,11-17H2,2-9,40H3/t19-,21+,23-,27+/m1/s1. The number of β-lactam (4-membered cyclic amide) rings is 1. The fraction of sp³-hybridized carbons (Fsp3) is 0.778. The number of carbonyl (C=O) groups excluding carboxylic acids is 3. The average molecular weight is 622 g/mol. The molecule has 0 unspecified atom stereocenters. The van der Waals surface area contributed by atoms with Crippen LogP contribution in [0.4, 0.5) is 4.79 Å². The zero-order valence-electron chi connectivity index (χ0n) is 25.5. The Hall–Kier alpha value is -0.983. The first kappa shape index (κ1) is 35.2. The van der Waals surface area contributed by atoms with Crippen molar-refractivity contribution in [2.24, 2.45) is 16.7 Å². The number of ether oxygens (including phenoxy) is 2. The first-order chi connectivity index (χ1) is 18.7.